The van der Waals surface area contributed by atoms with Gasteiger partial charge in [0.1, 0.15) is 17.6 Å². The molecule has 11 heteroatoms. The lowest BCUT2D eigenvalue weighted by molar-refractivity contribution is -0.138. The van der Waals surface area contributed by atoms with Crippen molar-refractivity contribution in [2.24, 2.45) is 4.99 Å². The Balaban J connectivity index is 1.76. The average molecular weight is 803 g/mol. The molecule has 0 unspecified atom stereocenters. The first-order valence-electron chi connectivity index (χ1n) is 12.8. The monoisotopic (exact) mass is 803 g/mol. The van der Waals surface area contributed by atoms with Crippen LogP contribution in [0.3, 0.4) is 0 Å². The number of carbonyl (C=O) groups excluding carboxylic acids is 1. The highest BCUT2D eigenvalue weighted by molar-refractivity contribution is 14.1. The van der Waals surface area contributed by atoms with Crippen LogP contribution in [0.5, 0.6) is 11.5 Å². The minimum Gasteiger partial charge on any atom is -0.497 e. The zero-order chi connectivity index (χ0) is 29.8. The highest BCUT2D eigenvalue weighted by Gasteiger charge is 2.35. The first-order chi connectivity index (χ1) is 20.4. The highest BCUT2D eigenvalue weighted by atomic mass is 127. The van der Waals surface area contributed by atoms with Crippen molar-refractivity contribution >= 4 is 74.3 Å². The zero-order valence-electron chi connectivity index (χ0n) is 22.5. The second-order valence-electron chi connectivity index (χ2n) is 8.97. The number of thiazole rings is 1. The molecule has 0 radical (unpaired) electrons. The third-order valence-corrected chi connectivity index (χ3v) is 8.99. The number of halogens is 2. The number of nitrogens with zero attached hydrogens (tertiary/aromatic N) is 3. The largest absolute Gasteiger partial charge is 0.497 e. The van der Waals surface area contributed by atoms with Crippen LogP contribution in [-0.4, -0.2) is 30.9 Å². The van der Waals surface area contributed by atoms with Crippen LogP contribution in [0.4, 0.5) is 0 Å². The van der Waals surface area contributed by atoms with Gasteiger partial charge in [0.15, 0.2) is 11.4 Å². The summed E-state index contributed by atoms with van der Waals surface area (Å²) in [6, 6.07) is 21.7. The number of ether oxygens (including phenoxy) is 3. The molecule has 1 atom stereocenters. The molecule has 4 aromatic rings. The summed E-state index contributed by atoms with van der Waals surface area (Å²) in [7, 11) is 1.58. The smallest absolute Gasteiger partial charge is 0.338 e. The molecule has 3 aromatic carbocycles. The fourth-order valence-corrected chi connectivity index (χ4v) is 7.73. The number of fused-ring (bicyclic) bond motifs is 1. The lowest BCUT2D eigenvalue weighted by Gasteiger charge is -2.26. The first kappa shape index (κ1) is 30.0. The van der Waals surface area contributed by atoms with Crippen molar-refractivity contribution in [2.75, 3.05) is 20.3 Å². The van der Waals surface area contributed by atoms with Crippen LogP contribution < -0.4 is 24.4 Å². The van der Waals surface area contributed by atoms with Gasteiger partial charge in [-0.05, 0) is 93.6 Å². The Morgan fingerprint density at radius 2 is 1.81 bits per heavy atom. The van der Waals surface area contributed by atoms with E-state index >= 15 is 0 Å². The normalized spacial score (nSPS) is 14.5. The topological polar surface area (TPSA) is 103 Å². The quantitative estimate of drug-likeness (QED) is 0.183. The van der Waals surface area contributed by atoms with Crippen LogP contribution in [-0.2, 0) is 9.53 Å². The maximum absolute atomic E-state index is 14.1. The summed E-state index contributed by atoms with van der Waals surface area (Å²) >= 11 is 5.57. The molecule has 1 aliphatic heterocycles. The van der Waals surface area contributed by atoms with Crippen molar-refractivity contribution < 1.29 is 19.0 Å². The van der Waals surface area contributed by atoms with Crippen molar-refractivity contribution in [3.8, 4) is 17.6 Å². The van der Waals surface area contributed by atoms with E-state index in [9.17, 15) is 9.59 Å². The molecule has 0 saturated heterocycles. The van der Waals surface area contributed by atoms with Crippen LogP contribution in [0.25, 0.3) is 11.8 Å². The van der Waals surface area contributed by atoms with Gasteiger partial charge in [0.25, 0.3) is 5.56 Å². The van der Waals surface area contributed by atoms with Crippen molar-refractivity contribution in [3.05, 3.63) is 116 Å². The summed E-state index contributed by atoms with van der Waals surface area (Å²) < 4.78 is 20.1. The van der Waals surface area contributed by atoms with Gasteiger partial charge in [-0.1, -0.05) is 53.8 Å². The lowest BCUT2D eigenvalue weighted by atomic mass is 9.93. The molecule has 5 rings (SSSR count). The van der Waals surface area contributed by atoms with E-state index < -0.39 is 12.0 Å². The van der Waals surface area contributed by atoms with E-state index in [4.69, 9.17) is 24.5 Å². The van der Waals surface area contributed by atoms with Gasteiger partial charge in [-0.25, -0.2) is 9.79 Å². The Morgan fingerprint density at radius 3 is 2.43 bits per heavy atom. The van der Waals surface area contributed by atoms with Crippen LogP contribution in [0.1, 0.15) is 29.7 Å². The Morgan fingerprint density at radius 1 is 1.12 bits per heavy atom. The Bertz CT molecular complexity index is 1890. The molecule has 42 heavy (non-hydrogen) atoms. The van der Waals surface area contributed by atoms with Crippen LogP contribution in [0, 0.1) is 18.5 Å². The maximum Gasteiger partial charge on any atom is 0.338 e. The molecule has 0 amide bonds. The summed E-state index contributed by atoms with van der Waals surface area (Å²) in [5, 5.41) is 8.90. The van der Waals surface area contributed by atoms with Gasteiger partial charge < -0.3 is 14.2 Å². The maximum atomic E-state index is 14.1. The SMILES string of the molecule is CCOC(=O)C1=C(c2ccccc2)N=c2s/c(=C\c3cc(I)c(OCC#N)c(I)c3)c(=O)n2[C@H]1c1ccc(OC)cc1. The number of methoxy groups -OCH3 is 1. The van der Waals surface area contributed by atoms with Crippen LogP contribution in [0.15, 0.2) is 82.1 Å². The van der Waals surface area contributed by atoms with Gasteiger partial charge in [-0.2, -0.15) is 5.26 Å². The van der Waals surface area contributed by atoms with E-state index in [1.165, 1.54) is 11.3 Å². The zero-order valence-corrected chi connectivity index (χ0v) is 27.6. The summed E-state index contributed by atoms with van der Waals surface area (Å²) in [4.78, 5) is 33.0. The van der Waals surface area contributed by atoms with E-state index in [1.807, 2.05) is 66.7 Å². The van der Waals surface area contributed by atoms with E-state index in [1.54, 1.807) is 30.7 Å². The predicted molar refractivity (Wildman–Crippen MR) is 177 cm³/mol. The Labute approximate surface area is 272 Å². The molecule has 1 aliphatic rings. The molecule has 0 fully saturated rings. The van der Waals surface area contributed by atoms with Gasteiger partial charge >= 0.3 is 5.97 Å². The molecular formula is C31H23I2N3O5S. The van der Waals surface area contributed by atoms with E-state index in [0.717, 1.165) is 23.8 Å². The molecule has 212 valence electrons. The lowest BCUT2D eigenvalue weighted by Crippen LogP contribution is -2.40. The van der Waals surface area contributed by atoms with Crippen molar-refractivity contribution in [2.45, 2.75) is 13.0 Å². The molecule has 0 spiro atoms. The van der Waals surface area contributed by atoms with Crippen LogP contribution in [0.2, 0.25) is 0 Å². The fourth-order valence-electron chi connectivity index (χ4n) is 4.60. The molecule has 0 aliphatic carbocycles. The molecule has 1 aromatic heterocycles. The minimum absolute atomic E-state index is 0.0537. The summed E-state index contributed by atoms with van der Waals surface area (Å²) in [6.45, 7) is 1.87. The number of nitriles is 1. The van der Waals surface area contributed by atoms with Gasteiger partial charge in [-0.15, -0.1) is 0 Å². The molecular weight excluding hydrogens is 780 g/mol. The number of rotatable bonds is 8. The molecule has 0 N–H and O–H groups in total. The number of esters is 1. The van der Waals surface area contributed by atoms with Gasteiger partial charge in [0.05, 0.1) is 42.7 Å². The van der Waals surface area contributed by atoms with Crippen LogP contribution >= 0.6 is 56.5 Å². The van der Waals surface area contributed by atoms with Gasteiger partial charge in [0.2, 0.25) is 0 Å². The molecule has 0 saturated carbocycles. The number of benzene rings is 3. The van der Waals surface area contributed by atoms with Gasteiger partial charge in [0, 0.05) is 5.56 Å². The summed E-state index contributed by atoms with van der Waals surface area (Å²) in [5.74, 6) is 0.747. The highest BCUT2D eigenvalue weighted by Crippen LogP contribution is 2.36. The third kappa shape index (κ3) is 6.02. The number of aromatic nitrogens is 1. The molecule has 0 bridgehead atoms. The molecule has 2 heterocycles. The van der Waals surface area contributed by atoms with E-state index in [0.29, 0.717) is 26.5 Å². The predicted octanol–water partition coefficient (Wildman–Crippen LogP) is 5.06. The summed E-state index contributed by atoms with van der Waals surface area (Å²) in [5.41, 5.74) is 2.74. The second-order valence-corrected chi connectivity index (χ2v) is 12.3. The van der Waals surface area contributed by atoms with Crippen molar-refractivity contribution in [1.82, 2.24) is 4.57 Å². The standard InChI is InChI=1S/C31H23I2N3O5S/c1-3-40-30(38)25-26(19-7-5-4-6-8-19)35-31-36(27(25)20-9-11-21(39-2)12-10-20)29(37)24(42-31)17-18-15-22(32)28(23(33)16-18)41-14-13-34/h4-12,15-17,27H,3,14H2,1-2H3/b24-17-/t27-/m0/s1. The Hall–Kier alpha value is -3.48. The number of hydrogen-bond donors (Lipinski definition) is 0. The third-order valence-electron chi connectivity index (χ3n) is 6.40. The van der Waals surface area contributed by atoms with E-state index in [2.05, 4.69) is 45.2 Å². The minimum atomic E-state index is -0.773. The number of carbonyl (C=O) groups is 1. The second kappa shape index (κ2) is 13.2. The van der Waals surface area contributed by atoms with Crippen molar-refractivity contribution in [1.29, 1.82) is 5.26 Å². The van der Waals surface area contributed by atoms with Gasteiger partial charge in [-0.3, -0.25) is 9.36 Å². The van der Waals surface area contributed by atoms with E-state index in [-0.39, 0.29) is 24.3 Å². The Kier molecular flexibility index (Phi) is 9.44. The first-order valence-corrected chi connectivity index (χ1v) is 15.7. The average Bonchev–Trinajstić information content (AvgIpc) is 3.30. The fraction of sp³-hybridized carbons (Fsp3) is 0.161. The number of hydrogen-bond acceptors (Lipinski definition) is 8. The summed E-state index contributed by atoms with van der Waals surface area (Å²) in [6.07, 6.45) is 1.81. The molecule has 8 nitrogen and oxygen atoms in total. The van der Waals surface area contributed by atoms with Crippen molar-refractivity contribution in [3.63, 3.8) is 0 Å².